The van der Waals surface area contributed by atoms with Crippen molar-refractivity contribution in [1.29, 1.82) is 0 Å². The summed E-state index contributed by atoms with van der Waals surface area (Å²) in [6, 6.07) is 11.1. The lowest BCUT2D eigenvalue weighted by atomic mass is 10.0. The number of hydrogen-bond donors (Lipinski definition) is 1. The molecule has 0 aliphatic carbocycles. The molecule has 0 radical (unpaired) electrons. The number of sulfonamides is 1. The smallest absolute Gasteiger partial charge is 0.244 e. The summed E-state index contributed by atoms with van der Waals surface area (Å²) in [5, 5.41) is 2.62. The quantitative estimate of drug-likeness (QED) is 0.892. The molecule has 5 nitrogen and oxygen atoms in total. The molecule has 1 aliphatic rings. The van der Waals surface area contributed by atoms with Gasteiger partial charge in [0.15, 0.2) is 0 Å². The van der Waals surface area contributed by atoms with E-state index in [9.17, 15) is 17.6 Å². The molecule has 1 fully saturated rings. The second-order valence-electron chi connectivity index (χ2n) is 6.55. The largest absolute Gasteiger partial charge is 0.353 e. The van der Waals surface area contributed by atoms with Gasteiger partial charge in [-0.25, -0.2) is 12.8 Å². The Morgan fingerprint density at radius 1 is 1.12 bits per heavy atom. The Morgan fingerprint density at radius 3 is 2.38 bits per heavy atom. The second kappa shape index (κ2) is 7.17. The maximum atomic E-state index is 14.3. The average Bonchev–Trinajstić information content (AvgIpc) is 2.62. The Labute approximate surface area is 152 Å². The predicted octanol–water partition coefficient (Wildman–Crippen LogP) is 2.81. The molecule has 2 aromatic rings. The number of halogens is 1. The molecule has 1 atom stereocenters. The van der Waals surface area contributed by atoms with Crippen molar-refractivity contribution in [2.75, 3.05) is 13.1 Å². The van der Waals surface area contributed by atoms with Gasteiger partial charge in [-0.1, -0.05) is 44.2 Å². The second-order valence-corrected chi connectivity index (χ2v) is 8.45. The highest BCUT2D eigenvalue weighted by Crippen LogP contribution is 2.31. The molecule has 7 heteroatoms. The van der Waals surface area contributed by atoms with Crippen LogP contribution >= 0.6 is 0 Å². The zero-order chi connectivity index (χ0) is 18.9. The predicted molar refractivity (Wildman–Crippen MR) is 96.6 cm³/mol. The molecule has 0 spiro atoms. The van der Waals surface area contributed by atoms with E-state index in [0.717, 1.165) is 9.87 Å². The van der Waals surface area contributed by atoms with Crippen molar-refractivity contribution in [2.24, 2.45) is 0 Å². The van der Waals surface area contributed by atoms with Crippen molar-refractivity contribution in [1.82, 2.24) is 9.62 Å². The molecule has 1 amide bonds. The van der Waals surface area contributed by atoms with Crippen LogP contribution in [0.15, 0.2) is 53.4 Å². The lowest BCUT2D eigenvalue weighted by Gasteiger charge is -2.34. The van der Waals surface area contributed by atoms with Gasteiger partial charge in [0.25, 0.3) is 0 Å². The lowest BCUT2D eigenvalue weighted by molar-refractivity contribution is -0.127. The van der Waals surface area contributed by atoms with Crippen LogP contribution in [-0.2, 0) is 14.8 Å². The zero-order valence-electron chi connectivity index (χ0n) is 14.6. The molecule has 138 valence electrons. The van der Waals surface area contributed by atoms with Crippen LogP contribution in [0.5, 0.6) is 0 Å². The van der Waals surface area contributed by atoms with Crippen LogP contribution in [0.3, 0.4) is 0 Å². The van der Waals surface area contributed by atoms with Crippen LogP contribution in [0.1, 0.15) is 36.9 Å². The number of carbonyl (C=O) groups is 1. The summed E-state index contributed by atoms with van der Waals surface area (Å²) in [5.74, 6) is -0.854. The van der Waals surface area contributed by atoms with Crippen LogP contribution in [-0.4, -0.2) is 31.7 Å². The highest BCUT2D eigenvalue weighted by Gasteiger charge is 2.40. The first kappa shape index (κ1) is 18.5. The van der Waals surface area contributed by atoms with E-state index in [4.69, 9.17) is 0 Å². The first-order valence-electron chi connectivity index (χ1n) is 8.46. The molecular weight excluding hydrogens is 355 g/mol. The maximum Gasteiger partial charge on any atom is 0.244 e. The number of benzene rings is 2. The van der Waals surface area contributed by atoms with E-state index >= 15 is 0 Å². The molecule has 1 N–H and O–H groups in total. The first-order chi connectivity index (χ1) is 12.3. The molecule has 26 heavy (non-hydrogen) atoms. The Kier molecular flexibility index (Phi) is 5.11. The standard InChI is InChI=1S/C19H21FN2O3S/c1-13(2)14-7-9-15(10-8-14)26(24,25)22-12-11-21-19(23)18(22)16-5-3-4-6-17(16)20/h3-10,13,18H,11-12H2,1-2H3,(H,21,23). The van der Waals surface area contributed by atoms with Gasteiger partial charge >= 0.3 is 0 Å². The molecule has 0 aromatic heterocycles. The third-order valence-electron chi connectivity index (χ3n) is 4.52. The molecule has 1 heterocycles. The number of nitrogens with one attached hydrogen (secondary N) is 1. The SMILES string of the molecule is CC(C)c1ccc(S(=O)(=O)N2CCNC(=O)C2c2ccccc2F)cc1. The van der Waals surface area contributed by atoms with E-state index < -0.39 is 27.8 Å². The Balaban J connectivity index is 2.03. The number of carbonyl (C=O) groups excluding carboxylic acids is 1. The number of amides is 1. The molecule has 0 saturated carbocycles. The molecule has 0 bridgehead atoms. The van der Waals surface area contributed by atoms with Gasteiger partial charge in [-0.2, -0.15) is 4.31 Å². The van der Waals surface area contributed by atoms with Gasteiger partial charge in [-0.15, -0.1) is 0 Å². The summed E-state index contributed by atoms with van der Waals surface area (Å²) in [5.41, 5.74) is 1.07. The van der Waals surface area contributed by atoms with E-state index in [0.29, 0.717) is 0 Å². The van der Waals surface area contributed by atoms with Gasteiger partial charge in [0.05, 0.1) is 4.90 Å². The number of piperazine rings is 1. The van der Waals surface area contributed by atoms with Gasteiger partial charge in [0.1, 0.15) is 11.9 Å². The van der Waals surface area contributed by atoms with Crippen LogP contribution in [0.25, 0.3) is 0 Å². The minimum atomic E-state index is -3.95. The maximum absolute atomic E-state index is 14.3. The Hall–Kier alpha value is -2.25. The van der Waals surface area contributed by atoms with E-state index in [2.05, 4.69) is 5.32 Å². The highest BCUT2D eigenvalue weighted by atomic mass is 32.2. The zero-order valence-corrected chi connectivity index (χ0v) is 15.5. The normalized spacial score (nSPS) is 18.8. The third kappa shape index (κ3) is 3.37. The number of nitrogens with zero attached hydrogens (tertiary/aromatic N) is 1. The summed E-state index contributed by atoms with van der Waals surface area (Å²) in [7, 11) is -3.95. The van der Waals surface area contributed by atoms with Gasteiger partial charge in [-0.05, 0) is 29.7 Å². The first-order valence-corrected chi connectivity index (χ1v) is 9.90. The van der Waals surface area contributed by atoms with Crippen molar-refractivity contribution in [3.63, 3.8) is 0 Å². The number of rotatable bonds is 4. The van der Waals surface area contributed by atoms with Gasteiger partial charge in [-0.3, -0.25) is 4.79 Å². The fraction of sp³-hybridized carbons (Fsp3) is 0.316. The Bertz CT molecular complexity index is 911. The van der Waals surface area contributed by atoms with Crippen LogP contribution in [0, 0.1) is 5.82 Å². The van der Waals surface area contributed by atoms with Crippen molar-refractivity contribution >= 4 is 15.9 Å². The minimum Gasteiger partial charge on any atom is -0.353 e. The molecular formula is C19H21FN2O3S. The van der Waals surface area contributed by atoms with Gasteiger partial charge in [0.2, 0.25) is 15.9 Å². The van der Waals surface area contributed by atoms with Crippen molar-refractivity contribution in [3.8, 4) is 0 Å². The summed E-state index contributed by atoms with van der Waals surface area (Å²) >= 11 is 0. The Morgan fingerprint density at radius 2 is 1.77 bits per heavy atom. The molecule has 1 unspecified atom stereocenters. The summed E-state index contributed by atoms with van der Waals surface area (Å²) in [6.45, 7) is 4.31. The molecule has 1 aliphatic heterocycles. The van der Waals surface area contributed by atoms with Gasteiger partial charge < -0.3 is 5.32 Å². The molecule has 2 aromatic carbocycles. The van der Waals surface area contributed by atoms with E-state index in [1.54, 1.807) is 18.2 Å². The molecule has 1 saturated heterocycles. The molecule has 3 rings (SSSR count). The summed E-state index contributed by atoms with van der Waals surface area (Å²) < 4.78 is 41.6. The monoisotopic (exact) mass is 376 g/mol. The van der Waals surface area contributed by atoms with Crippen molar-refractivity contribution in [2.45, 2.75) is 30.7 Å². The summed E-state index contributed by atoms with van der Waals surface area (Å²) in [4.78, 5) is 12.5. The van der Waals surface area contributed by atoms with Crippen LogP contribution in [0.4, 0.5) is 4.39 Å². The topological polar surface area (TPSA) is 66.5 Å². The lowest BCUT2D eigenvalue weighted by Crippen LogP contribution is -2.52. The van der Waals surface area contributed by atoms with Crippen LogP contribution in [0.2, 0.25) is 0 Å². The highest BCUT2D eigenvalue weighted by molar-refractivity contribution is 7.89. The van der Waals surface area contributed by atoms with Crippen molar-refractivity contribution < 1.29 is 17.6 Å². The van der Waals surface area contributed by atoms with E-state index in [-0.39, 0.29) is 29.5 Å². The number of hydrogen-bond acceptors (Lipinski definition) is 3. The third-order valence-corrected chi connectivity index (χ3v) is 6.40. The minimum absolute atomic E-state index is 0.0482. The fourth-order valence-electron chi connectivity index (χ4n) is 3.06. The fourth-order valence-corrected chi connectivity index (χ4v) is 4.63. The average molecular weight is 376 g/mol. The van der Waals surface area contributed by atoms with E-state index in [1.807, 2.05) is 13.8 Å². The van der Waals surface area contributed by atoms with E-state index in [1.165, 1.54) is 30.3 Å². The van der Waals surface area contributed by atoms with Gasteiger partial charge in [0, 0.05) is 18.7 Å². The van der Waals surface area contributed by atoms with Crippen molar-refractivity contribution in [3.05, 3.63) is 65.5 Å². The van der Waals surface area contributed by atoms with Crippen LogP contribution < -0.4 is 5.32 Å². The summed E-state index contributed by atoms with van der Waals surface area (Å²) in [6.07, 6.45) is 0.